The van der Waals surface area contributed by atoms with Gasteiger partial charge in [0.05, 0.1) is 6.10 Å². The topological polar surface area (TPSA) is 71.1 Å². The van der Waals surface area contributed by atoms with Gasteiger partial charge in [-0.25, -0.2) is 9.59 Å². The normalized spacial score (nSPS) is 26.4. The number of thioether (sulfide) groups is 1. The van der Waals surface area contributed by atoms with E-state index in [2.05, 4.69) is 4.74 Å². The van der Waals surface area contributed by atoms with Crippen molar-refractivity contribution in [1.82, 2.24) is 0 Å². The Labute approximate surface area is 206 Å². The smallest absolute Gasteiger partial charge is 0.449 e. The van der Waals surface area contributed by atoms with Gasteiger partial charge in [0.1, 0.15) is 11.5 Å². The maximum absolute atomic E-state index is 13.1. The van der Waals surface area contributed by atoms with E-state index in [1.54, 1.807) is 6.92 Å². The number of hydrogen-bond acceptors (Lipinski definition) is 7. The summed E-state index contributed by atoms with van der Waals surface area (Å²) in [5.41, 5.74) is -1.18. The highest BCUT2D eigenvalue weighted by molar-refractivity contribution is 7.99. The molecule has 0 radical (unpaired) electrons. The van der Waals surface area contributed by atoms with Gasteiger partial charge < -0.3 is 18.6 Å². The van der Waals surface area contributed by atoms with Crippen LogP contribution in [-0.4, -0.2) is 68.2 Å². The minimum absolute atomic E-state index is 0.0655. The molecule has 1 rings (SSSR count). The fraction of sp³-hybridized carbons (Fsp3) is 0.905. The molecule has 1 heterocycles. The molecule has 0 aromatic rings. The molecule has 5 atom stereocenters. The van der Waals surface area contributed by atoms with Crippen molar-refractivity contribution in [2.45, 2.75) is 114 Å². The van der Waals surface area contributed by atoms with Crippen LogP contribution in [0.1, 0.15) is 55.4 Å². The van der Waals surface area contributed by atoms with Crippen LogP contribution >= 0.6 is 11.8 Å². The van der Waals surface area contributed by atoms with Crippen LogP contribution in [0.4, 0.5) is 26.3 Å². The first kappa shape index (κ1) is 32.0. The summed E-state index contributed by atoms with van der Waals surface area (Å²) in [7, 11) is -2.88. The molecular weight excluding hydrogens is 522 g/mol. The molecule has 0 N–H and O–H groups in total. The fourth-order valence-corrected chi connectivity index (χ4v) is 11.3. The van der Waals surface area contributed by atoms with E-state index in [1.807, 2.05) is 41.5 Å². The highest BCUT2D eigenvalue weighted by atomic mass is 32.2. The molecule has 35 heavy (non-hydrogen) atoms. The summed E-state index contributed by atoms with van der Waals surface area (Å²) in [6.07, 6.45) is -17.5. The second-order valence-electron chi connectivity index (χ2n) is 9.30. The Morgan fingerprint density at radius 2 is 1.23 bits per heavy atom. The van der Waals surface area contributed by atoms with Crippen LogP contribution in [0.2, 0.25) is 16.6 Å². The van der Waals surface area contributed by atoms with E-state index >= 15 is 0 Å². The summed E-state index contributed by atoms with van der Waals surface area (Å²) in [6, 6.07) is 0. The Kier molecular flexibility index (Phi) is 11.0. The van der Waals surface area contributed by atoms with Crippen molar-refractivity contribution >= 4 is 32.0 Å². The first-order valence-electron chi connectivity index (χ1n) is 11.3. The molecule has 0 aromatic heterocycles. The third-order valence-corrected chi connectivity index (χ3v) is 13.2. The summed E-state index contributed by atoms with van der Waals surface area (Å²) in [6.45, 7) is 14.4. The van der Waals surface area contributed by atoms with E-state index < -0.39 is 62.5 Å². The van der Waals surface area contributed by atoms with Gasteiger partial charge in [-0.1, -0.05) is 48.5 Å². The molecule has 6 nitrogen and oxygen atoms in total. The van der Waals surface area contributed by atoms with Crippen LogP contribution in [0.5, 0.6) is 0 Å². The van der Waals surface area contributed by atoms with Gasteiger partial charge in [0, 0.05) is 0 Å². The highest BCUT2D eigenvalue weighted by Crippen LogP contribution is 2.46. The third-order valence-electron chi connectivity index (χ3n) is 6.05. The number of hydrogen-bond donors (Lipinski definition) is 0. The van der Waals surface area contributed by atoms with Crippen molar-refractivity contribution in [2.75, 3.05) is 5.75 Å². The summed E-state index contributed by atoms with van der Waals surface area (Å²) in [5.74, 6) is -4.83. The van der Waals surface area contributed by atoms with Crippen LogP contribution in [0, 0.1) is 0 Å². The predicted molar refractivity (Wildman–Crippen MR) is 120 cm³/mol. The third kappa shape index (κ3) is 7.51. The lowest BCUT2D eigenvalue weighted by molar-refractivity contribution is -0.253. The molecular formula is C21H34F6O6SSi. The van der Waals surface area contributed by atoms with Crippen LogP contribution in [0.25, 0.3) is 0 Å². The quantitative estimate of drug-likeness (QED) is 0.196. The molecule has 0 spiro atoms. The Bertz CT molecular complexity index is 708. The van der Waals surface area contributed by atoms with Gasteiger partial charge in [-0.2, -0.15) is 26.3 Å². The van der Waals surface area contributed by atoms with Gasteiger partial charge >= 0.3 is 24.3 Å². The first-order valence-corrected chi connectivity index (χ1v) is 14.5. The zero-order chi connectivity index (χ0) is 27.5. The molecule has 1 fully saturated rings. The molecule has 0 aliphatic carbocycles. The van der Waals surface area contributed by atoms with Gasteiger partial charge in [-0.05, 0) is 29.3 Å². The maximum atomic E-state index is 13.1. The number of rotatable bonds is 9. The summed E-state index contributed by atoms with van der Waals surface area (Å²) >= 11 is 1.14. The predicted octanol–water partition coefficient (Wildman–Crippen LogP) is 5.99. The van der Waals surface area contributed by atoms with Gasteiger partial charge in [-0.3, -0.25) is 0 Å². The standard InChI is InChI=1S/C21H34F6O6SSi/c1-9-34-17-16(33-35(10(2)3,11(4)5)12(6)7)15(32-19(29)21(25,26)27)14(13(8)30-17)31-18(28)20(22,23)24/h10-17H,9H2,1-8H3/t13-,14+,15+,16-,17+/m0/s1. The Morgan fingerprint density at radius 3 is 1.57 bits per heavy atom. The van der Waals surface area contributed by atoms with E-state index in [0.717, 1.165) is 11.8 Å². The molecule has 206 valence electrons. The minimum atomic E-state index is -5.43. The fourth-order valence-electron chi connectivity index (χ4n) is 4.72. The number of carbonyl (C=O) groups is 2. The average Bonchev–Trinajstić information content (AvgIpc) is 2.68. The van der Waals surface area contributed by atoms with Crippen molar-refractivity contribution in [3.05, 3.63) is 0 Å². The van der Waals surface area contributed by atoms with Crippen molar-refractivity contribution in [3.8, 4) is 0 Å². The SMILES string of the molecule is CCS[C@H]1O[C@@H](C)[C@@H](OC(=O)C(F)(F)F)[C@@H](OC(=O)C(F)(F)F)[C@@H]1O[Si](C(C)C)(C(C)C)C(C)C. The molecule has 0 saturated carbocycles. The molecule has 0 amide bonds. The highest BCUT2D eigenvalue weighted by Gasteiger charge is 2.58. The lowest BCUT2D eigenvalue weighted by atomic mass is 10.0. The van der Waals surface area contributed by atoms with Gasteiger partial charge in [-0.15, -0.1) is 11.8 Å². The second-order valence-corrected chi connectivity index (χ2v) is 16.1. The summed E-state index contributed by atoms with van der Waals surface area (Å²) < 4.78 is 99.9. The lowest BCUT2D eigenvalue weighted by Gasteiger charge is -2.51. The summed E-state index contributed by atoms with van der Waals surface area (Å²) in [4.78, 5) is 23.5. The van der Waals surface area contributed by atoms with Crippen molar-refractivity contribution in [3.63, 3.8) is 0 Å². The lowest BCUT2D eigenvalue weighted by Crippen LogP contribution is -2.64. The molecule has 1 saturated heterocycles. The molecule has 0 unspecified atom stereocenters. The van der Waals surface area contributed by atoms with Crippen molar-refractivity contribution in [1.29, 1.82) is 0 Å². The Balaban J connectivity index is 3.67. The molecule has 1 aliphatic heterocycles. The monoisotopic (exact) mass is 556 g/mol. The zero-order valence-electron chi connectivity index (χ0n) is 21.0. The number of ether oxygens (including phenoxy) is 3. The van der Waals surface area contributed by atoms with E-state index in [9.17, 15) is 35.9 Å². The van der Waals surface area contributed by atoms with Crippen LogP contribution in [-0.2, 0) is 28.2 Å². The number of esters is 2. The molecule has 1 aliphatic rings. The molecule has 0 bridgehead atoms. The number of alkyl halides is 6. The van der Waals surface area contributed by atoms with Gasteiger partial charge in [0.2, 0.25) is 8.32 Å². The largest absolute Gasteiger partial charge is 0.490 e. The van der Waals surface area contributed by atoms with Crippen LogP contribution in [0.3, 0.4) is 0 Å². The van der Waals surface area contributed by atoms with E-state index in [4.69, 9.17) is 13.9 Å². The molecule has 0 aromatic carbocycles. The van der Waals surface area contributed by atoms with Gasteiger partial charge in [0.15, 0.2) is 12.2 Å². The van der Waals surface area contributed by atoms with Crippen LogP contribution in [0.15, 0.2) is 0 Å². The molecule has 14 heteroatoms. The summed E-state index contributed by atoms with van der Waals surface area (Å²) in [5, 5.41) is 0. The Morgan fingerprint density at radius 1 is 0.829 bits per heavy atom. The zero-order valence-corrected chi connectivity index (χ0v) is 22.8. The van der Waals surface area contributed by atoms with E-state index in [1.165, 1.54) is 6.92 Å². The van der Waals surface area contributed by atoms with Gasteiger partial charge in [0.25, 0.3) is 0 Å². The number of halogens is 6. The van der Waals surface area contributed by atoms with E-state index in [0.29, 0.717) is 5.75 Å². The van der Waals surface area contributed by atoms with Crippen molar-refractivity contribution in [2.24, 2.45) is 0 Å². The Hall–Kier alpha value is -0.993. The minimum Gasteiger partial charge on any atom is -0.449 e. The average molecular weight is 557 g/mol. The second kappa shape index (κ2) is 12.0. The number of carbonyl (C=O) groups excluding carboxylic acids is 2. The van der Waals surface area contributed by atoms with E-state index in [-0.39, 0.29) is 16.6 Å². The maximum Gasteiger partial charge on any atom is 0.490 e. The first-order chi connectivity index (χ1) is 15.8. The van der Waals surface area contributed by atoms with Crippen molar-refractivity contribution < 1.29 is 54.6 Å². The van der Waals surface area contributed by atoms with Crippen LogP contribution < -0.4 is 0 Å².